The summed E-state index contributed by atoms with van der Waals surface area (Å²) in [5.74, 6) is -4.24. The Balaban J connectivity index is 2.05. The summed E-state index contributed by atoms with van der Waals surface area (Å²) < 4.78 is 81.4. The number of nitrogens with zero attached hydrogens (tertiary/aromatic N) is 1. The fraction of sp³-hybridized carbons (Fsp3) is 0.625. The van der Waals surface area contributed by atoms with Gasteiger partial charge in [-0.15, -0.1) is 0 Å². The zero-order chi connectivity index (χ0) is 19.4. The molecule has 0 saturated carbocycles. The number of benzene rings is 1. The van der Waals surface area contributed by atoms with Gasteiger partial charge >= 0.3 is 12.3 Å². The fourth-order valence-corrected chi connectivity index (χ4v) is 4.18. The van der Waals surface area contributed by atoms with Gasteiger partial charge in [-0.05, 0) is 43.6 Å². The van der Waals surface area contributed by atoms with E-state index in [2.05, 4.69) is 10.1 Å². The van der Waals surface area contributed by atoms with Gasteiger partial charge in [-0.2, -0.15) is 13.1 Å². The maximum atomic E-state index is 12.8. The first kappa shape index (κ1) is 21.1. The van der Waals surface area contributed by atoms with Gasteiger partial charge in [0.1, 0.15) is 6.61 Å². The van der Waals surface area contributed by atoms with Crippen molar-refractivity contribution in [2.75, 3.05) is 26.7 Å². The standard InChI is InChI=1S/C16H22F4N2O3S/c1-22(13-5-7-21-8-6-13)26(23,24)14-4-2-3-12(9-14)10-25-11-16(19,20)15(17)18/h2-4,9,13,15,21H,5-8,10-11H2,1H3. The molecule has 0 bridgehead atoms. The molecule has 148 valence electrons. The molecule has 0 unspecified atom stereocenters. The molecular formula is C16H22F4N2O3S. The second-order valence-corrected chi connectivity index (χ2v) is 8.20. The summed E-state index contributed by atoms with van der Waals surface area (Å²) in [6.07, 6.45) is -2.42. The molecule has 1 aromatic carbocycles. The van der Waals surface area contributed by atoms with Crippen LogP contribution in [0.2, 0.25) is 0 Å². The van der Waals surface area contributed by atoms with Crippen LogP contribution in [-0.2, 0) is 21.4 Å². The highest BCUT2D eigenvalue weighted by Crippen LogP contribution is 2.24. The van der Waals surface area contributed by atoms with Gasteiger partial charge in [-0.25, -0.2) is 17.2 Å². The number of ether oxygens (including phenoxy) is 1. The van der Waals surface area contributed by atoms with E-state index in [9.17, 15) is 26.0 Å². The van der Waals surface area contributed by atoms with Gasteiger partial charge in [0.15, 0.2) is 0 Å². The molecule has 1 heterocycles. The second kappa shape index (κ2) is 8.64. The third-order valence-corrected chi connectivity index (χ3v) is 6.19. The lowest BCUT2D eigenvalue weighted by Gasteiger charge is -2.30. The van der Waals surface area contributed by atoms with Gasteiger partial charge in [0.25, 0.3) is 0 Å². The maximum Gasteiger partial charge on any atom is 0.330 e. The average Bonchev–Trinajstić information content (AvgIpc) is 2.61. The lowest BCUT2D eigenvalue weighted by atomic mass is 10.1. The Morgan fingerprint density at radius 3 is 2.58 bits per heavy atom. The van der Waals surface area contributed by atoms with Crippen molar-refractivity contribution in [3.63, 3.8) is 0 Å². The molecule has 2 rings (SSSR count). The predicted molar refractivity (Wildman–Crippen MR) is 87.9 cm³/mol. The molecule has 1 aromatic rings. The zero-order valence-electron chi connectivity index (χ0n) is 14.3. The van der Waals surface area contributed by atoms with Crippen LogP contribution in [0.1, 0.15) is 18.4 Å². The van der Waals surface area contributed by atoms with Crippen LogP contribution >= 0.6 is 0 Å². The molecule has 1 N–H and O–H groups in total. The normalized spacial score (nSPS) is 17.2. The molecule has 1 fully saturated rings. The van der Waals surface area contributed by atoms with Gasteiger partial charge in [-0.3, -0.25) is 0 Å². The molecule has 1 aliphatic heterocycles. The molecule has 0 radical (unpaired) electrons. The van der Waals surface area contributed by atoms with E-state index in [1.165, 1.54) is 35.6 Å². The van der Waals surface area contributed by atoms with E-state index < -0.39 is 29.0 Å². The SMILES string of the molecule is CN(C1CCNCC1)S(=O)(=O)c1cccc(COCC(F)(F)C(F)F)c1. The fourth-order valence-electron chi connectivity index (χ4n) is 2.70. The van der Waals surface area contributed by atoms with Crippen molar-refractivity contribution in [1.29, 1.82) is 0 Å². The predicted octanol–water partition coefficient (Wildman–Crippen LogP) is 2.48. The van der Waals surface area contributed by atoms with Gasteiger partial charge in [0.2, 0.25) is 10.0 Å². The summed E-state index contributed by atoms with van der Waals surface area (Å²) in [6.45, 7) is -0.354. The van der Waals surface area contributed by atoms with Crippen molar-refractivity contribution >= 4 is 10.0 Å². The van der Waals surface area contributed by atoms with Crippen LogP contribution < -0.4 is 5.32 Å². The molecule has 1 saturated heterocycles. The highest BCUT2D eigenvalue weighted by Gasteiger charge is 2.41. The Morgan fingerprint density at radius 2 is 1.96 bits per heavy atom. The van der Waals surface area contributed by atoms with E-state index in [0.29, 0.717) is 18.4 Å². The largest absolute Gasteiger partial charge is 0.370 e. The van der Waals surface area contributed by atoms with Crippen LogP contribution in [0, 0.1) is 0 Å². The molecule has 10 heteroatoms. The summed E-state index contributed by atoms with van der Waals surface area (Å²) in [7, 11) is -2.23. The number of piperidine rings is 1. The van der Waals surface area contributed by atoms with E-state index in [0.717, 1.165) is 13.1 Å². The summed E-state index contributed by atoms with van der Waals surface area (Å²) in [6, 6.07) is 5.56. The smallest absolute Gasteiger partial charge is 0.330 e. The molecule has 0 amide bonds. The monoisotopic (exact) mass is 398 g/mol. The third-order valence-electron chi connectivity index (χ3n) is 4.28. The maximum absolute atomic E-state index is 12.8. The molecule has 0 aromatic heterocycles. The molecule has 1 aliphatic rings. The van der Waals surface area contributed by atoms with Crippen LogP contribution in [-0.4, -0.2) is 57.9 Å². The Hall–Kier alpha value is -1.23. The van der Waals surface area contributed by atoms with Gasteiger partial charge in [-0.1, -0.05) is 12.1 Å². The number of alkyl halides is 4. The molecule has 0 aliphatic carbocycles. The van der Waals surface area contributed by atoms with Crippen molar-refractivity contribution in [2.24, 2.45) is 0 Å². The Kier molecular flexibility index (Phi) is 7.00. The topological polar surface area (TPSA) is 58.6 Å². The lowest BCUT2D eigenvalue weighted by molar-refractivity contribution is -0.168. The van der Waals surface area contributed by atoms with E-state index in [1.807, 2.05) is 0 Å². The minimum absolute atomic E-state index is 0.0141. The van der Waals surface area contributed by atoms with Gasteiger partial charge in [0.05, 0.1) is 11.5 Å². The summed E-state index contributed by atoms with van der Waals surface area (Å²) in [4.78, 5) is 0.0141. The highest BCUT2D eigenvalue weighted by molar-refractivity contribution is 7.89. The first-order chi connectivity index (χ1) is 12.1. The Morgan fingerprint density at radius 1 is 1.31 bits per heavy atom. The van der Waals surface area contributed by atoms with Crippen LogP contribution in [0.25, 0.3) is 0 Å². The number of halogens is 4. The zero-order valence-corrected chi connectivity index (χ0v) is 15.1. The van der Waals surface area contributed by atoms with E-state index >= 15 is 0 Å². The van der Waals surface area contributed by atoms with Gasteiger partial charge < -0.3 is 10.1 Å². The van der Waals surface area contributed by atoms with Crippen molar-refractivity contribution in [3.05, 3.63) is 29.8 Å². The van der Waals surface area contributed by atoms with Crippen molar-refractivity contribution in [2.45, 2.75) is 42.7 Å². The molecule has 0 atom stereocenters. The molecule has 26 heavy (non-hydrogen) atoms. The molecule has 0 spiro atoms. The van der Waals surface area contributed by atoms with Crippen LogP contribution in [0.15, 0.2) is 29.2 Å². The third kappa shape index (κ3) is 5.15. The van der Waals surface area contributed by atoms with E-state index in [4.69, 9.17) is 0 Å². The minimum Gasteiger partial charge on any atom is -0.370 e. The average molecular weight is 398 g/mol. The van der Waals surface area contributed by atoms with Gasteiger partial charge in [0, 0.05) is 13.1 Å². The highest BCUT2D eigenvalue weighted by atomic mass is 32.2. The number of sulfonamides is 1. The first-order valence-corrected chi connectivity index (χ1v) is 9.60. The first-order valence-electron chi connectivity index (χ1n) is 8.16. The van der Waals surface area contributed by atoms with Crippen molar-refractivity contribution in [3.8, 4) is 0 Å². The number of hydrogen-bond acceptors (Lipinski definition) is 4. The Bertz CT molecular complexity index is 694. The van der Waals surface area contributed by atoms with E-state index in [1.54, 1.807) is 0 Å². The van der Waals surface area contributed by atoms with Crippen LogP contribution in [0.3, 0.4) is 0 Å². The lowest BCUT2D eigenvalue weighted by Crippen LogP contribution is -2.43. The number of hydrogen-bond donors (Lipinski definition) is 1. The molecular weight excluding hydrogens is 376 g/mol. The molecule has 5 nitrogen and oxygen atoms in total. The number of nitrogens with one attached hydrogen (secondary N) is 1. The summed E-state index contributed by atoms with van der Waals surface area (Å²) in [5.41, 5.74) is 0.315. The van der Waals surface area contributed by atoms with E-state index in [-0.39, 0.29) is 17.5 Å². The summed E-state index contributed by atoms with van der Waals surface area (Å²) >= 11 is 0. The van der Waals surface area contributed by atoms with Crippen LogP contribution in [0.4, 0.5) is 17.6 Å². The number of rotatable bonds is 8. The Labute approximate surface area is 150 Å². The summed E-state index contributed by atoms with van der Waals surface area (Å²) in [5, 5.41) is 3.16. The van der Waals surface area contributed by atoms with Crippen molar-refractivity contribution < 1.29 is 30.7 Å². The quantitative estimate of drug-likeness (QED) is 0.684. The van der Waals surface area contributed by atoms with Crippen LogP contribution in [0.5, 0.6) is 0 Å². The minimum atomic E-state index is -4.24. The van der Waals surface area contributed by atoms with Crippen molar-refractivity contribution in [1.82, 2.24) is 9.62 Å². The second-order valence-electron chi connectivity index (χ2n) is 6.20.